The van der Waals surface area contributed by atoms with E-state index in [9.17, 15) is 23.6 Å². The van der Waals surface area contributed by atoms with Crippen LogP contribution in [0.1, 0.15) is 41.6 Å². The number of piperidine rings is 1. The van der Waals surface area contributed by atoms with Crippen LogP contribution in [0.5, 0.6) is 17.2 Å². The number of nitrogens with one attached hydrogen (secondary N) is 2. The molecule has 2 aromatic carbocycles. The highest BCUT2D eigenvalue weighted by Crippen LogP contribution is 2.29. The lowest BCUT2D eigenvalue weighted by Crippen LogP contribution is -2.58. The van der Waals surface area contributed by atoms with Crippen LogP contribution >= 0.6 is 0 Å². The van der Waals surface area contributed by atoms with Gasteiger partial charge in [0.2, 0.25) is 5.91 Å². The predicted molar refractivity (Wildman–Crippen MR) is 139 cm³/mol. The fourth-order valence-corrected chi connectivity index (χ4v) is 4.62. The fraction of sp³-hybridized carbons (Fsp3) is 0.429. The smallest absolute Gasteiger partial charge is 0.305 e. The summed E-state index contributed by atoms with van der Waals surface area (Å²) < 4.78 is 36.1. The Morgan fingerprint density at radius 2 is 1.95 bits per heavy atom. The van der Waals surface area contributed by atoms with E-state index in [1.54, 1.807) is 23.1 Å². The van der Waals surface area contributed by atoms with E-state index in [0.717, 1.165) is 0 Å². The summed E-state index contributed by atoms with van der Waals surface area (Å²) in [7, 11) is 2.74. The Hall–Kier alpha value is -4.35. The fourth-order valence-electron chi connectivity index (χ4n) is 4.62. The highest BCUT2D eigenvalue weighted by atomic mass is 19.1. The maximum Gasteiger partial charge on any atom is 0.305 e. The summed E-state index contributed by atoms with van der Waals surface area (Å²) in [4.78, 5) is 51.6. The third-order valence-electron chi connectivity index (χ3n) is 6.71. The molecule has 4 rings (SSSR count). The second-order valence-corrected chi connectivity index (χ2v) is 9.52. The van der Waals surface area contributed by atoms with Gasteiger partial charge in [-0.3, -0.25) is 19.2 Å². The SMILES string of the molecule is COC(=O)CCCC(=O)N1CC[C@H]2Oc3cc(F)cc(c3)CNC(=O)COc3cc(ccc3OC)C(=O)N[C@H]2C1. The number of hydrogen-bond acceptors (Lipinski definition) is 8. The van der Waals surface area contributed by atoms with Gasteiger partial charge in [0.05, 0.1) is 20.3 Å². The van der Waals surface area contributed by atoms with Gasteiger partial charge in [-0.25, -0.2) is 4.39 Å². The molecule has 2 heterocycles. The van der Waals surface area contributed by atoms with Crippen molar-refractivity contribution in [3.8, 4) is 17.2 Å². The van der Waals surface area contributed by atoms with E-state index in [2.05, 4.69) is 15.4 Å². The molecule has 40 heavy (non-hydrogen) atoms. The number of benzene rings is 2. The largest absolute Gasteiger partial charge is 0.493 e. The normalized spacial score (nSPS) is 19.2. The van der Waals surface area contributed by atoms with Gasteiger partial charge < -0.3 is 34.5 Å². The van der Waals surface area contributed by atoms with Gasteiger partial charge in [0.15, 0.2) is 18.1 Å². The topological polar surface area (TPSA) is 132 Å². The number of methoxy groups -OCH3 is 2. The Kier molecular flexibility index (Phi) is 9.41. The molecule has 0 unspecified atom stereocenters. The van der Waals surface area contributed by atoms with Gasteiger partial charge in [-0.2, -0.15) is 0 Å². The average Bonchev–Trinajstić information content (AvgIpc) is 2.94. The monoisotopic (exact) mass is 557 g/mol. The van der Waals surface area contributed by atoms with Crippen molar-refractivity contribution in [2.24, 2.45) is 0 Å². The average molecular weight is 558 g/mol. The van der Waals surface area contributed by atoms with Crippen molar-refractivity contribution < 1.29 is 42.5 Å². The number of nitrogens with zero attached hydrogens (tertiary/aromatic N) is 1. The minimum Gasteiger partial charge on any atom is -0.493 e. The van der Waals surface area contributed by atoms with Crippen LogP contribution in [0.4, 0.5) is 4.39 Å². The Labute approximate surface area is 230 Å². The summed E-state index contributed by atoms with van der Waals surface area (Å²) >= 11 is 0. The van der Waals surface area contributed by atoms with Gasteiger partial charge in [-0.15, -0.1) is 0 Å². The van der Waals surface area contributed by atoms with E-state index >= 15 is 0 Å². The number of ether oxygens (including phenoxy) is 4. The first-order valence-corrected chi connectivity index (χ1v) is 12.9. The Morgan fingerprint density at radius 3 is 2.73 bits per heavy atom. The molecule has 2 aliphatic rings. The summed E-state index contributed by atoms with van der Waals surface area (Å²) in [5.74, 6) is -1.22. The van der Waals surface area contributed by atoms with Gasteiger partial charge in [-0.05, 0) is 42.3 Å². The van der Waals surface area contributed by atoms with Crippen LogP contribution in [-0.2, 0) is 25.7 Å². The summed E-state index contributed by atoms with van der Waals surface area (Å²) in [6, 6.07) is 8.10. The number of halogens is 1. The molecule has 12 heteroatoms. The second-order valence-electron chi connectivity index (χ2n) is 9.52. The van der Waals surface area contributed by atoms with Crippen molar-refractivity contribution in [2.45, 2.75) is 44.4 Å². The van der Waals surface area contributed by atoms with Crippen LogP contribution in [-0.4, -0.2) is 74.7 Å². The molecule has 214 valence electrons. The minimum absolute atomic E-state index is 0.0478. The van der Waals surface area contributed by atoms with Gasteiger partial charge in [0, 0.05) is 50.5 Å². The number of esters is 1. The lowest BCUT2D eigenvalue weighted by atomic mass is 10.00. The molecule has 0 radical (unpaired) electrons. The quantitative estimate of drug-likeness (QED) is 0.534. The van der Waals surface area contributed by atoms with Crippen LogP contribution in [0, 0.1) is 5.82 Å². The molecule has 2 atom stereocenters. The van der Waals surface area contributed by atoms with E-state index in [1.165, 1.54) is 32.4 Å². The zero-order valence-corrected chi connectivity index (χ0v) is 22.4. The Balaban J connectivity index is 1.59. The van der Waals surface area contributed by atoms with E-state index < -0.39 is 29.8 Å². The predicted octanol–water partition coefficient (Wildman–Crippen LogP) is 1.96. The molecule has 1 saturated heterocycles. The molecule has 4 bridgehead atoms. The van der Waals surface area contributed by atoms with Gasteiger partial charge >= 0.3 is 5.97 Å². The summed E-state index contributed by atoms with van der Waals surface area (Å²) in [6.07, 6.45) is 0.420. The lowest BCUT2D eigenvalue weighted by molar-refractivity contribution is -0.141. The van der Waals surface area contributed by atoms with Crippen molar-refractivity contribution in [1.82, 2.24) is 15.5 Å². The molecule has 1 fully saturated rings. The molecule has 3 amide bonds. The third-order valence-corrected chi connectivity index (χ3v) is 6.71. The Morgan fingerprint density at radius 1 is 1.12 bits per heavy atom. The first-order chi connectivity index (χ1) is 19.2. The molecule has 0 saturated carbocycles. The van der Waals surface area contributed by atoms with Crippen molar-refractivity contribution in [1.29, 1.82) is 0 Å². The van der Waals surface area contributed by atoms with Crippen LogP contribution in [0.15, 0.2) is 36.4 Å². The van der Waals surface area contributed by atoms with Crippen LogP contribution < -0.4 is 24.8 Å². The van der Waals surface area contributed by atoms with Crippen LogP contribution in [0.3, 0.4) is 0 Å². The summed E-state index contributed by atoms with van der Waals surface area (Å²) in [6.45, 7) is 0.210. The van der Waals surface area contributed by atoms with Crippen molar-refractivity contribution in [2.75, 3.05) is 33.9 Å². The highest BCUT2D eigenvalue weighted by Gasteiger charge is 2.34. The number of carbonyl (C=O) groups excluding carboxylic acids is 4. The zero-order chi connectivity index (χ0) is 28.6. The molecule has 2 N–H and O–H groups in total. The van der Waals surface area contributed by atoms with E-state index in [4.69, 9.17) is 14.2 Å². The standard InChI is InChI=1S/C28H32FN3O8/c1-37-23-7-6-18-12-24(23)39-16-25(33)30-14-17-10-19(29)13-20(11-17)40-22-8-9-32(15-21(22)31-28(18)36)26(34)4-3-5-27(35)38-2/h6-7,10-13,21-22H,3-5,8-9,14-16H2,1-2H3,(H,30,33)(H,31,36)/t21-,22+/m0/s1. The maximum absolute atomic E-state index is 14.4. The van der Waals surface area contributed by atoms with Crippen molar-refractivity contribution in [3.05, 3.63) is 53.3 Å². The number of amides is 3. The molecule has 2 aromatic rings. The number of rotatable bonds is 5. The molecule has 0 spiro atoms. The maximum atomic E-state index is 14.4. The molecule has 0 aromatic heterocycles. The van der Waals surface area contributed by atoms with Gasteiger partial charge in [-0.1, -0.05) is 0 Å². The van der Waals surface area contributed by atoms with Gasteiger partial charge in [0.25, 0.3) is 11.8 Å². The number of hydrogen-bond donors (Lipinski definition) is 2. The number of carbonyl (C=O) groups is 4. The molecule has 11 nitrogen and oxygen atoms in total. The number of likely N-dealkylation sites (tertiary alicyclic amines) is 1. The van der Waals surface area contributed by atoms with E-state index in [1.807, 2.05) is 0 Å². The Bertz CT molecular complexity index is 1270. The van der Waals surface area contributed by atoms with Gasteiger partial charge in [0.1, 0.15) is 17.7 Å². The van der Waals surface area contributed by atoms with Crippen LogP contribution in [0.2, 0.25) is 0 Å². The first kappa shape index (κ1) is 28.7. The minimum atomic E-state index is -0.628. The van der Waals surface area contributed by atoms with Crippen molar-refractivity contribution in [3.63, 3.8) is 0 Å². The van der Waals surface area contributed by atoms with E-state index in [-0.39, 0.29) is 61.5 Å². The second kappa shape index (κ2) is 13.1. The first-order valence-electron chi connectivity index (χ1n) is 12.9. The number of fused-ring (bicyclic) bond motifs is 5. The molecular weight excluding hydrogens is 525 g/mol. The lowest BCUT2D eigenvalue weighted by Gasteiger charge is -2.39. The molecular formula is C28H32FN3O8. The third kappa shape index (κ3) is 7.39. The zero-order valence-electron chi connectivity index (χ0n) is 22.4. The summed E-state index contributed by atoms with van der Waals surface area (Å²) in [5, 5.41) is 5.62. The van der Waals surface area contributed by atoms with E-state index in [0.29, 0.717) is 30.7 Å². The molecule has 2 aliphatic heterocycles. The highest BCUT2D eigenvalue weighted by molar-refractivity contribution is 5.95. The van der Waals surface area contributed by atoms with Crippen molar-refractivity contribution >= 4 is 23.7 Å². The summed E-state index contributed by atoms with van der Waals surface area (Å²) in [5.41, 5.74) is 0.727. The van der Waals surface area contributed by atoms with Crippen LogP contribution in [0.25, 0.3) is 0 Å². The molecule has 0 aliphatic carbocycles.